The number of amides is 1. The Kier molecular flexibility index (Phi) is 6.05. The molecule has 1 rings (SSSR count). The number of thiol groups is 1. The number of imidazole rings is 1. The van der Waals surface area contributed by atoms with E-state index >= 15 is 0 Å². The van der Waals surface area contributed by atoms with Crippen molar-refractivity contribution >= 4 is 29.4 Å². The van der Waals surface area contributed by atoms with Crippen LogP contribution in [0.3, 0.4) is 0 Å². The van der Waals surface area contributed by atoms with E-state index in [-0.39, 0.29) is 25.1 Å². The van der Waals surface area contributed by atoms with E-state index in [0.717, 1.165) is 0 Å². The van der Waals surface area contributed by atoms with Crippen LogP contribution in [0.4, 0.5) is 0 Å². The Labute approximate surface area is 139 Å². The molecule has 0 spiro atoms. The second kappa shape index (κ2) is 7.21. The Balaban J connectivity index is 3.53. The van der Waals surface area contributed by atoms with Gasteiger partial charge >= 0.3 is 0 Å². The lowest BCUT2D eigenvalue weighted by molar-refractivity contribution is -0.137. The van der Waals surface area contributed by atoms with Crippen molar-refractivity contribution in [2.24, 2.45) is 24.2 Å². The first kappa shape index (κ1) is 19.3. The van der Waals surface area contributed by atoms with Crippen molar-refractivity contribution in [2.75, 3.05) is 6.54 Å². The molecule has 0 aliphatic heterocycles. The molecule has 7 N–H and O–H groups in total. The van der Waals surface area contributed by atoms with Crippen molar-refractivity contribution < 1.29 is 14.4 Å². The van der Waals surface area contributed by atoms with E-state index in [1.807, 2.05) is 0 Å². The van der Waals surface area contributed by atoms with Crippen LogP contribution in [0, 0.1) is 0 Å². The molecule has 0 aliphatic rings. The van der Waals surface area contributed by atoms with Gasteiger partial charge in [0.1, 0.15) is 0 Å². The molecule has 0 aliphatic carbocycles. The number of Topliss-reactive ketones (excluding diaryl/α,β-unsaturated/α-hetero) is 1. The van der Waals surface area contributed by atoms with Gasteiger partial charge in [-0.2, -0.15) is 0 Å². The molecule has 0 saturated heterocycles. The van der Waals surface area contributed by atoms with E-state index in [4.69, 9.17) is 17.2 Å². The van der Waals surface area contributed by atoms with E-state index in [1.165, 1.54) is 17.1 Å². The smallest absolute Gasteiger partial charge is 0.228 e. The summed E-state index contributed by atoms with van der Waals surface area (Å²) in [4.78, 5) is 40.5. The van der Waals surface area contributed by atoms with E-state index in [9.17, 15) is 14.4 Å². The fraction of sp³-hybridized carbons (Fsp3) is 0.538. The van der Waals surface area contributed by atoms with Crippen LogP contribution in [-0.2, 0) is 27.0 Å². The fourth-order valence-electron chi connectivity index (χ4n) is 2.32. The molecular weight excluding hydrogens is 320 g/mol. The second-order valence-corrected chi connectivity index (χ2v) is 5.58. The molecule has 1 amide bonds. The quantitative estimate of drug-likeness (QED) is 0.273. The first-order chi connectivity index (χ1) is 10.6. The molecule has 23 heavy (non-hydrogen) atoms. The van der Waals surface area contributed by atoms with Crippen LogP contribution in [-0.4, -0.2) is 38.6 Å². The summed E-state index contributed by atoms with van der Waals surface area (Å²) in [6.45, 7) is 1.62. The average molecular weight is 342 g/mol. The molecule has 0 bridgehead atoms. The number of carbonyl (C=O) groups excluding carboxylic acids is 3. The lowest BCUT2D eigenvalue weighted by Gasteiger charge is -2.42. The molecular formula is C13H22N6O3S. The third-order valence-electron chi connectivity index (χ3n) is 3.65. The number of ketones is 1. The van der Waals surface area contributed by atoms with E-state index in [2.05, 4.69) is 22.9 Å². The van der Waals surface area contributed by atoms with Gasteiger partial charge in [0.2, 0.25) is 11.0 Å². The van der Waals surface area contributed by atoms with Gasteiger partial charge in [-0.3, -0.25) is 20.1 Å². The van der Waals surface area contributed by atoms with Gasteiger partial charge in [0.05, 0.1) is 18.2 Å². The summed E-state index contributed by atoms with van der Waals surface area (Å²) in [7, 11) is 1.60. The summed E-state index contributed by atoms with van der Waals surface area (Å²) in [5.41, 5.74) is 13.6. The normalized spacial score (nSPS) is 16.3. The van der Waals surface area contributed by atoms with Gasteiger partial charge in [-0.05, 0) is 0 Å². The van der Waals surface area contributed by atoms with Crippen molar-refractivity contribution in [3.8, 4) is 0 Å². The highest BCUT2D eigenvalue weighted by Gasteiger charge is 2.58. The molecule has 10 heteroatoms. The zero-order valence-electron chi connectivity index (χ0n) is 13.1. The van der Waals surface area contributed by atoms with Gasteiger partial charge in [-0.15, -0.1) is 12.6 Å². The number of aryl methyl sites for hydroxylation is 1. The van der Waals surface area contributed by atoms with Crippen LogP contribution in [0.2, 0.25) is 0 Å². The number of carbonyl (C=O) groups is 3. The summed E-state index contributed by atoms with van der Waals surface area (Å²) in [6.07, 6.45) is 2.64. The summed E-state index contributed by atoms with van der Waals surface area (Å²) in [5, 5.41) is 1.36. The molecule has 1 aromatic rings. The molecule has 0 saturated carbocycles. The number of nitrogens with two attached hydrogens (primary N) is 3. The van der Waals surface area contributed by atoms with Crippen LogP contribution >= 0.6 is 12.6 Å². The number of nitrogens with one attached hydrogen (secondary N) is 1. The predicted octanol–water partition coefficient (Wildman–Crippen LogP) is -1.87. The van der Waals surface area contributed by atoms with E-state index < -0.39 is 28.0 Å². The van der Waals surface area contributed by atoms with Crippen molar-refractivity contribution in [2.45, 2.75) is 31.0 Å². The minimum absolute atomic E-state index is 0.00551. The minimum atomic E-state index is -2.25. The van der Waals surface area contributed by atoms with Crippen molar-refractivity contribution in [1.29, 1.82) is 0 Å². The Morgan fingerprint density at radius 3 is 2.39 bits per heavy atom. The number of nitrogens with zero attached hydrogens (tertiary/aromatic N) is 2. The van der Waals surface area contributed by atoms with E-state index in [1.54, 1.807) is 14.0 Å². The molecule has 2 atom stereocenters. The SMILES string of the molecule is CCC(=O)C(N)(c1cncn1C)[C@](N)(NC(=O)CCN)C(=O)S. The van der Waals surface area contributed by atoms with Crippen LogP contribution in [0.15, 0.2) is 12.5 Å². The zero-order valence-corrected chi connectivity index (χ0v) is 14.0. The van der Waals surface area contributed by atoms with Crippen molar-refractivity contribution in [1.82, 2.24) is 14.9 Å². The van der Waals surface area contributed by atoms with Crippen molar-refractivity contribution in [3.05, 3.63) is 18.2 Å². The summed E-state index contributed by atoms with van der Waals surface area (Å²) in [6, 6.07) is 0. The molecule has 1 aromatic heterocycles. The molecule has 128 valence electrons. The van der Waals surface area contributed by atoms with Crippen LogP contribution in [0.5, 0.6) is 0 Å². The number of aromatic nitrogens is 2. The van der Waals surface area contributed by atoms with Crippen LogP contribution in [0.1, 0.15) is 25.5 Å². The monoisotopic (exact) mass is 342 g/mol. The Morgan fingerprint density at radius 1 is 1.39 bits per heavy atom. The van der Waals surface area contributed by atoms with Gasteiger partial charge in [0.25, 0.3) is 0 Å². The fourth-order valence-corrected chi connectivity index (χ4v) is 2.55. The average Bonchev–Trinajstić information content (AvgIpc) is 2.91. The summed E-state index contributed by atoms with van der Waals surface area (Å²) in [5.74, 6) is -1.16. The number of rotatable bonds is 8. The highest BCUT2D eigenvalue weighted by molar-refractivity contribution is 7.96. The zero-order chi connectivity index (χ0) is 17.8. The largest absolute Gasteiger partial charge is 0.336 e. The molecule has 1 unspecified atom stereocenters. The van der Waals surface area contributed by atoms with Crippen LogP contribution in [0.25, 0.3) is 0 Å². The standard InChI is InChI=1S/C13H22N6O3S/c1-3-9(20)12(15,8-6-17-7-19(8)2)13(16,11(22)23)18-10(21)4-5-14/h6-7H,3-5,14-16H2,1-2H3,(H,18,21)(H,22,23)/t12?,13-/m1/s1. The summed E-state index contributed by atoms with van der Waals surface area (Å²) >= 11 is 3.74. The topological polar surface area (TPSA) is 159 Å². The van der Waals surface area contributed by atoms with Gasteiger partial charge < -0.3 is 21.4 Å². The highest BCUT2D eigenvalue weighted by atomic mass is 32.1. The van der Waals surface area contributed by atoms with Gasteiger partial charge in [-0.25, -0.2) is 4.98 Å². The van der Waals surface area contributed by atoms with Gasteiger partial charge in [-0.1, -0.05) is 6.92 Å². The van der Waals surface area contributed by atoms with Crippen molar-refractivity contribution in [3.63, 3.8) is 0 Å². The van der Waals surface area contributed by atoms with E-state index in [0.29, 0.717) is 0 Å². The number of hydrogen-bond donors (Lipinski definition) is 5. The summed E-state index contributed by atoms with van der Waals surface area (Å²) < 4.78 is 1.46. The lowest BCUT2D eigenvalue weighted by atomic mass is 9.77. The molecule has 0 fully saturated rings. The predicted molar refractivity (Wildman–Crippen MR) is 87.1 cm³/mol. The third kappa shape index (κ3) is 3.29. The van der Waals surface area contributed by atoms with Gasteiger partial charge in [0.15, 0.2) is 17.0 Å². The first-order valence-corrected chi connectivity index (χ1v) is 7.42. The number of hydrogen-bond acceptors (Lipinski definition) is 7. The van der Waals surface area contributed by atoms with Gasteiger partial charge in [0, 0.05) is 26.4 Å². The maximum absolute atomic E-state index is 12.6. The first-order valence-electron chi connectivity index (χ1n) is 6.97. The maximum Gasteiger partial charge on any atom is 0.228 e. The maximum atomic E-state index is 12.6. The lowest BCUT2D eigenvalue weighted by Crippen LogP contribution is -2.78. The molecule has 0 aromatic carbocycles. The Morgan fingerprint density at radius 2 is 2.00 bits per heavy atom. The second-order valence-electron chi connectivity index (χ2n) is 5.17. The Bertz CT molecular complexity index is 619. The molecule has 1 heterocycles. The molecule has 0 radical (unpaired) electrons. The Hall–Kier alpha value is -1.75. The molecule has 9 nitrogen and oxygen atoms in total. The highest BCUT2D eigenvalue weighted by Crippen LogP contribution is 2.31. The van der Waals surface area contributed by atoms with Crippen LogP contribution < -0.4 is 22.5 Å². The third-order valence-corrected chi connectivity index (χ3v) is 4.00. The minimum Gasteiger partial charge on any atom is -0.336 e.